The fourth-order valence-corrected chi connectivity index (χ4v) is 3.43. The topological polar surface area (TPSA) is 58.4 Å². The van der Waals surface area contributed by atoms with Crippen LogP contribution < -0.4 is 0 Å². The third-order valence-electron chi connectivity index (χ3n) is 4.20. The van der Waals surface area contributed by atoms with Crippen LogP contribution >= 0.6 is 11.3 Å². The molecular formula is C17H21N3O2S. The van der Waals surface area contributed by atoms with Crippen LogP contribution in [0, 0.1) is 5.92 Å². The Kier molecular flexibility index (Phi) is 5.05. The van der Waals surface area contributed by atoms with Crippen molar-refractivity contribution in [3.8, 4) is 0 Å². The van der Waals surface area contributed by atoms with Crippen LogP contribution in [0.1, 0.15) is 35.1 Å². The molecule has 2 aromatic rings. The molecule has 2 aromatic heterocycles. The highest BCUT2D eigenvalue weighted by molar-refractivity contribution is 7.10. The molecule has 1 atom stereocenters. The number of aromatic nitrogens is 2. The summed E-state index contributed by atoms with van der Waals surface area (Å²) in [7, 11) is 0. The molecule has 122 valence electrons. The standard InChI is InChI=1S/C17H21N3O2S/c1-13(21)19-9-6-14(7-10-19)17(22)20-11-8-15(18-20)4-5-16-3-2-12-23-16/h2-5,8,11-14,21H,6-7,9-10H2,1H3/b5-4+. The highest BCUT2D eigenvalue weighted by Crippen LogP contribution is 2.20. The Morgan fingerprint density at radius 3 is 2.83 bits per heavy atom. The minimum Gasteiger partial charge on any atom is -0.379 e. The zero-order valence-corrected chi connectivity index (χ0v) is 13.9. The summed E-state index contributed by atoms with van der Waals surface area (Å²) in [6, 6.07) is 5.90. The van der Waals surface area contributed by atoms with E-state index in [1.165, 1.54) is 4.68 Å². The second kappa shape index (κ2) is 7.21. The predicted molar refractivity (Wildman–Crippen MR) is 92.1 cm³/mol. The fraction of sp³-hybridized carbons (Fsp3) is 0.412. The summed E-state index contributed by atoms with van der Waals surface area (Å²) in [6.45, 7) is 3.27. The van der Waals surface area contributed by atoms with Crippen LogP contribution in [-0.2, 0) is 0 Å². The minimum atomic E-state index is -0.440. The summed E-state index contributed by atoms with van der Waals surface area (Å²) >= 11 is 1.67. The van der Waals surface area contributed by atoms with Gasteiger partial charge in [0.2, 0.25) is 5.91 Å². The molecule has 0 bridgehead atoms. The summed E-state index contributed by atoms with van der Waals surface area (Å²) in [5.74, 6) is 0.0324. The maximum absolute atomic E-state index is 12.5. The number of aliphatic hydroxyl groups excluding tert-OH is 1. The predicted octanol–water partition coefficient (Wildman–Crippen LogP) is 2.81. The van der Waals surface area contributed by atoms with Gasteiger partial charge < -0.3 is 5.11 Å². The molecule has 1 unspecified atom stereocenters. The van der Waals surface area contributed by atoms with E-state index in [9.17, 15) is 9.90 Å². The van der Waals surface area contributed by atoms with E-state index in [2.05, 4.69) is 5.10 Å². The van der Waals surface area contributed by atoms with Crippen molar-refractivity contribution in [3.05, 3.63) is 40.3 Å². The van der Waals surface area contributed by atoms with Crippen molar-refractivity contribution in [3.63, 3.8) is 0 Å². The number of thiophene rings is 1. The maximum Gasteiger partial charge on any atom is 0.250 e. The zero-order valence-electron chi connectivity index (χ0n) is 13.1. The van der Waals surface area contributed by atoms with Crippen LogP contribution in [0.5, 0.6) is 0 Å². The molecule has 1 aliphatic rings. The Morgan fingerprint density at radius 1 is 1.39 bits per heavy atom. The molecule has 23 heavy (non-hydrogen) atoms. The molecule has 1 saturated heterocycles. The van der Waals surface area contributed by atoms with Gasteiger partial charge in [-0.2, -0.15) is 5.10 Å². The van der Waals surface area contributed by atoms with Gasteiger partial charge >= 0.3 is 0 Å². The number of hydrogen-bond acceptors (Lipinski definition) is 5. The monoisotopic (exact) mass is 331 g/mol. The number of nitrogens with zero attached hydrogens (tertiary/aromatic N) is 3. The van der Waals surface area contributed by atoms with E-state index in [0.717, 1.165) is 36.5 Å². The number of hydrogen-bond donors (Lipinski definition) is 1. The van der Waals surface area contributed by atoms with Crippen molar-refractivity contribution in [2.75, 3.05) is 13.1 Å². The van der Waals surface area contributed by atoms with E-state index in [4.69, 9.17) is 0 Å². The minimum absolute atomic E-state index is 0.0148. The Hall–Kier alpha value is -1.76. The molecule has 6 heteroatoms. The number of piperidine rings is 1. The molecule has 1 aliphatic heterocycles. The summed E-state index contributed by atoms with van der Waals surface area (Å²) < 4.78 is 1.46. The lowest BCUT2D eigenvalue weighted by Gasteiger charge is -2.32. The van der Waals surface area contributed by atoms with Gasteiger partial charge in [0.05, 0.1) is 5.69 Å². The SMILES string of the molecule is CC(O)N1CCC(C(=O)n2ccc(/C=C/c3cccs3)n2)CC1. The zero-order chi connectivity index (χ0) is 16.2. The largest absolute Gasteiger partial charge is 0.379 e. The second-order valence-corrected chi connectivity index (χ2v) is 6.79. The van der Waals surface area contributed by atoms with Crippen LogP contribution in [0.25, 0.3) is 12.2 Å². The van der Waals surface area contributed by atoms with Gasteiger partial charge in [0.25, 0.3) is 0 Å². The first-order valence-corrected chi connectivity index (χ1v) is 8.75. The van der Waals surface area contributed by atoms with Gasteiger partial charge in [-0.1, -0.05) is 6.07 Å². The first-order valence-electron chi connectivity index (χ1n) is 7.87. The van der Waals surface area contributed by atoms with Crippen molar-refractivity contribution >= 4 is 29.4 Å². The third kappa shape index (κ3) is 3.96. The van der Waals surface area contributed by atoms with Gasteiger partial charge in [0.1, 0.15) is 6.23 Å². The van der Waals surface area contributed by atoms with Crippen molar-refractivity contribution in [2.45, 2.75) is 26.0 Å². The van der Waals surface area contributed by atoms with Crippen LogP contribution in [0.15, 0.2) is 29.8 Å². The molecule has 3 rings (SSSR count). The molecule has 0 saturated carbocycles. The summed E-state index contributed by atoms with van der Waals surface area (Å²) in [4.78, 5) is 15.7. The van der Waals surface area contributed by atoms with Gasteiger partial charge in [-0.15, -0.1) is 11.3 Å². The molecule has 0 spiro atoms. The van der Waals surface area contributed by atoms with Crippen LogP contribution in [0.4, 0.5) is 0 Å². The van der Waals surface area contributed by atoms with E-state index in [0.29, 0.717) is 0 Å². The van der Waals surface area contributed by atoms with Gasteiger partial charge in [-0.25, -0.2) is 4.68 Å². The van der Waals surface area contributed by atoms with E-state index in [1.807, 2.05) is 40.6 Å². The summed E-state index contributed by atoms with van der Waals surface area (Å²) in [5.41, 5.74) is 0.785. The number of carbonyl (C=O) groups excluding carboxylic acids is 1. The number of rotatable bonds is 4. The van der Waals surface area contributed by atoms with E-state index >= 15 is 0 Å². The second-order valence-electron chi connectivity index (χ2n) is 5.81. The summed E-state index contributed by atoms with van der Waals surface area (Å²) in [6.07, 6.45) is 6.75. The van der Waals surface area contributed by atoms with Crippen molar-refractivity contribution in [1.82, 2.24) is 14.7 Å². The highest BCUT2D eigenvalue weighted by atomic mass is 32.1. The van der Waals surface area contributed by atoms with Gasteiger partial charge in [0.15, 0.2) is 0 Å². The quantitative estimate of drug-likeness (QED) is 0.936. The van der Waals surface area contributed by atoms with Crippen LogP contribution in [0.2, 0.25) is 0 Å². The molecule has 3 heterocycles. The molecule has 0 aliphatic carbocycles. The van der Waals surface area contributed by atoms with Crippen LogP contribution in [0.3, 0.4) is 0 Å². The number of aliphatic hydroxyl groups is 1. The van der Waals surface area contributed by atoms with Crippen molar-refractivity contribution < 1.29 is 9.90 Å². The van der Waals surface area contributed by atoms with Crippen molar-refractivity contribution in [2.24, 2.45) is 5.92 Å². The lowest BCUT2D eigenvalue weighted by atomic mass is 9.96. The third-order valence-corrected chi connectivity index (χ3v) is 5.04. The smallest absolute Gasteiger partial charge is 0.250 e. The summed E-state index contributed by atoms with van der Waals surface area (Å²) in [5, 5.41) is 16.0. The lowest BCUT2D eigenvalue weighted by molar-refractivity contribution is -0.00326. The molecule has 0 amide bonds. The average molecular weight is 331 g/mol. The maximum atomic E-state index is 12.5. The Bertz CT molecular complexity index is 668. The Morgan fingerprint density at radius 2 is 2.17 bits per heavy atom. The highest BCUT2D eigenvalue weighted by Gasteiger charge is 2.27. The Balaban J connectivity index is 1.60. The fourth-order valence-electron chi connectivity index (χ4n) is 2.81. The molecule has 0 radical (unpaired) electrons. The molecule has 5 nitrogen and oxygen atoms in total. The Labute approximate surface area is 139 Å². The average Bonchev–Trinajstić information content (AvgIpc) is 3.24. The van der Waals surface area contributed by atoms with Crippen LogP contribution in [-0.4, -0.2) is 45.0 Å². The van der Waals surface area contributed by atoms with Gasteiger partial charge in [0, 0.05) is 30.1 Å². The van der Waals surface area contributed by atoms with E-state index in [-0.39, 0.29) is 11.8 Å². The van der Waals surface area contributed by atoms with E-state index < -0.39 is 6.23 Å². The number of likely N-dealkylation sites (tertiary alicyclic amines) is 1. The first kappa shape index (κ1) is 16.1. The van der Waals surface area contributed by atoms with Gasteiger partial charge in [-0.05, 0) is 49.4 Å². The lowest BCUT2D eigenvalue weighted by Crippen LogP contribution is -2.42. The van der Waals surface area contributed by atoms with E-state index in [1.54, 1.807) is 24.5 Å². The van der Waals surface area contributed by atoms with Gasteiger partial charge in [-0.3, -0.25) is 9.69 Å². The molecule has 1 N–H and O–H groups in total. The number of carbonyl (C=O) groups is 1. The molecule has 1 fully saturated rings. The molecule has 0 aromatic carbocycles. The normalized spacial score (nSPS) is 18.5. The first-order chi connectivity index (χ1) is 11.1. The van der Waals surface area contributed by atoms with Crippen molar-refractivity contribution in [1.29, 1.82) is 0 Å². The molecular weight excluding hydrogens is 310 g/mol.